The fourth-order valence-corrected chi connectivity index (χ4v) is 7.86. The number of hydrogen-bond donors (Lipinski definition) is 1. The lowest BCUT2D eigenvalue weighted by Gasteiger charge is -2.54. The van der Waals surface area contributed by atoms with Crippen molar-refractivity contribution in [1.82, 2.24) is 15.0 Å². The van der Waals surface area contributed by atoms with Crippen LogP contribution in [0.15, 0.2) is 24.0 Å². The fraction of sp³-hybridized carbons (Fsp3) is 0.792. The molecular weight excluding hydrogens is 378 g/mol. The van der Waals surface area contributed by atoms with Gasteiger partial charge in [-0.1, -0.05) is 18.6 Å². The molecule has 7 atom stereocenters. The van der Waals surface area contributed by atoms with Crippen molar-refractivity contribution in [2.45, 2.75) is 70.4 Å². The molecule has 6 heteroatoms. The first-order valence-corrected chi connectivity index (χ1v) is 11.7. The number of carbonyl (C=O) groups is 1. The van der Waals surface area contributed by atoms with Crippen LogP contribution in [-0.4, -0.2) is 45.2 Å². The van der Waals surface area contributed by atoms with Crippen LogP contribution in [0.5, 0.6) is 0 Å². The van der Waals surface area contributed by atoms with Gasteiger partial charge in [-0.15, -0.1) is 0 Å². The predicted octanol–water partition coefficient (Wildman–Crippen LogP) is 3.41. The second-order valence-electron chi connectivity index (χ2n) is 10.6. The van der Waals surface area contributed by atoms with Gasteiger partial charge in [-0.05, 0) is 80.5 Å². The lowest BCUT2D eigenvalue weighted by atomic mass is 9.51. The van der Waals surface area contributed by atoms with Gasteiger partial charge in [0.05, 0.1) is 24.6 Å². The number of aromatic nitrogens is 3. The topological polar surface area (TPSA) is 77.2 Å². The quantitative estimate of drug-likeness (QED) is 0.749. The minimum Gasteiger partial charge on any atom is -0.387 e. The zero-order chi connectivity index (χ0) is 20.9. The monoisotopic (exact) mass is 413 g/mol. The van der Waals surface area contributed by atoms with E-state index in [0.717, 1.165) is 44.4 Å². The lowest BCUT2D eigenvalue weighted by molar-refractivity contribution is -0.130. The minimum atomic E-state index is -0.682. The first kappa shape index (κ1) is 20.4. The molecule has 0 amide bonds. The van der Waals surface area contributed by atoms with Gasteiger partial charge >= 0.3 is 0 Å². The second kappa shape index (κ2) is 7.56. The summed E-state index contributed by atoms with van der Waals surface area (Å²) in [6.45, 7) is 3.12. The first-order chi connectivity index (χ1) is 14.4. The molecule has 0 radical (unpaired) electrons. The molecule has 4 aliphatic rings. The molecule has 0 aliphatic heterocycles. The Bertz CT molecular complexity index is 822. The number of fused-ring (bicyclic) bond motifs is 5. The summed E-state index contributed by atoms with van der Waals surface area (Å²) < 4.78 is 5.29. The second-order valence-corrected chi connectivity index (χ2v) is 10.6. The average molecular weight is 414 g/mol. The van der Waals surface area contributed by atoms with Gasteiger partial charge in [0, 0.05) is 13.0 Å². The number of nitrogens with zero attached hydrogens (tertiary/aromatic N) is 3. The maximum Gasteiger partial charge on any atom is 0.159 e. The number of allylic oxidation sites excluding steroid dienone is 1. The van der Waals surface area contributed by atoms with Crippen LogP contribution in [0.1, 0.15) is 58.3 Å². The average Bonchev–Trinajstić information content (AvgIpc) is 3.34. The molecule has 1 heterocycles. The summed E-state index contributed by atoms with van der Waals surface area (Å²) >= 11 is 0. The number of carbonyl (C=O) groups excluding carboxylic acids is 1. The third-order valence-electron chi connectivity index (χ3n) is 9.16. The van der Waals surface area contributed by atoms with Crippen LogP contribution in [-0.2, 0) is 16.1 Å². The number of rotatable bonds is 5. The Morgan fingerprint density at radius 1 is 1.20 bits per heavy atom. The van der Waals surface area contributed by atoms with Gasteiger partial charge in [0.1, 0.15) is 6.54 Å². The molecule has 0 spiro atoms. The van der Waals surface area contributed by atoms with Crippen LogP contribution >= 0.6 is 0 Å². The van der Waals surface area contributed by atoms with Crippen molar-refractivity contribution < 1.29 is 14.6 Å². The number of ketones is 1. The largest absolute Gasteiger partial charge is 0.387 e. The molecule has 3 fully saturated rings. The fourth-order valence-electron chi connectivity index (χ4n) is 7.86. The van der Waals surface area contributed by atoms with Gasteiger partial charge in [-0.2, -0.15) is 15.0 Å². The summed E-state index contributed by atoms with van der Waals surface area (Å²) in [6, 6.07) is 0. The van der Waals surface area contributed by atoms with Gasteiger partial charge < -0.3 is 9.84 Å². The highest BCUT2D eigenvalue weighted by Crippen LogP contribution is 2.63. The standard InChI is InChI=1S/C24H35N3O3/c1-23-9-7-18-17-8-10-24(29,15-30-2)13-16(17)3-4-19(18)20(23)5-6-21(23)22(28)14-27-25-11-12-26-27/h3,11-12,17-21,29H,4-10,13-15H2,1-2H3/t17?,18-,19-,20+,21-,23?,24-/m1/s1. The van der Waals surface area contributed by atoms with Crippen molar-refractivity contribution in [2.75, 3.05) is 13.7 Å². The molecule has 1 aromatic rings. The Kier molecular flexibility index (Phi) is 5.13. The summed E-state index contributed by atoms with van der Waals surface area (Å²) in [4.78, 5) is 14.7. The van der Waals surface area contributed by atoms with Gasteiger partial charge in [0.15, 0.2) is 5.78 Å². The molecule has 5 rings (SSSR count). The van der Waals surface area contributed by atoms with E-state index in [0.29, 0.717) is 36.7 Å². The summed E-state index contributed by atoms with van der Waals surface area (Å²) in [5.74, 6) is 3.10. The van der Waals surface area contributed by atoms with E-state index in [4.69, 9.17) is 4.74 Å². The van der Waals surface area contributed by atoms with Crippen molar-refractivity contribution in [1.29, 1.82) is 0 Å². The lowest BCUT2D eigenvalue weighted by Crippen LogP contribution is -2.49. The van der Waals surface area contributed by atoms with E-state index >= 15 is 0 Å². The minimum absolute atomic E-state index is 0.113. The molecule has 164 valence electrons. The highest BCUT2D eigenvalue weighted by Gasteiger charge is 2.57. The number of Topliss-reactive ketones (excluding diaryl/α,β-unsaturated/α-hetero) is 1. The van der Waals surface area contributed by atoms with Crippen LogP contribution in [0.4, 0.5) is 0 Å². The molecule has 4 aliphatic carbocycles. The van der Waals surface area contributed by atoms with Gasteiger partial charge in [-0.25, -0.2) is 0 Å². The highest BCUT2D eigenvalue weighted by molar-refractivity contribution is 5.82. The van der Waals surface area contributed by atoms with E-state index in [1.54, 1.807) is 19.5 Å². The number of aliphatic hydroxyl groups is 1. The number of ether oxygens (including phenoxy) is 1. The maximum atomic E-state index is 13.1. The Hall–Kier alpha value is -1.53. The van der Waals surface area contributed by atoms with Crippen LogP contribution < -0.4 is 0 Å². The Labute approximate surface area is 179 Å². The summed E-state index contributed by atoms with van der Waals surface area (Å²) in [7, 11) is 1.68. The first-order valence-electron chi connectivity index (χ1n) is 11.7. The summed E-state index contributed by atoms with van der Waals surface area (Å²) in [6.07, 6.45) is 14.1. The Morgan fingerprint density at radius 2 is 2.00 bits per heavy atom. The van der Waals surface area contributed by atoms with E-state index in [2.05, 4.69) is 23.2 Å². The van der Waals surface area contributed by atoms with Crippen molar-refractivity contribution in [2.24, 2.45) is 35.0 Å². The van der Waals surface area contributed by atoms with Crippen LogP contribution in [0.2, 0.25) is 0 Å². The van der Waals surface area contributed by atoms with E-state index in [9.17, 15) is 9.90 Å². The molecule has 1 aromatic heterocycles. The van der Waals surface area contributed by atoms with Crippen LogP contribution in [0, 0.1) is 35.0 Å². The number of hydrogen-bond acceptors (Lipinski definition) is 5. The van der Waals surface area contributed by atoms with Gasteiger partial charge in [-0.3, -0.25) is 4.79 Å². The molecule has 0 bridgehead atoms. The van der Waals surface area contributed by atoms with Gasteiger partial charge in [0.25, 0.3) is 0 Å². The van der Waals surface area contributed by atoms with Gasteiger partial charge in [0.2, 0.25) is 0 Å². The summed E-state index contributed by atoms with van der Waals surface area (Å²) in [5, 5.41) is 19.2. The zero-order valence-corrected chi connectivity index (χ0v) is 18.3. The maximum absolute atomic E-state index is 13.1. The highest BCUT2D eigenvalue weighted by atomic mass is 16.5. The third-order valence-corrected chi connectivity index (χ3v) is 9.16. The van der Waals surface area contributed by atoms with Crippen molar-refractivity contribution in [3.05, 3.63) is 24.0 Å². The smallest absolute Gasteiger partial charge is 0.159 e. The van der Waals surface area contributed by atoms with Crippen molar-refractivity contribution in [3.63, 3.8) is 0 Å². The molecule has 30 heavy (non-hydrogen) atoms. The molecule has 6 nitrogen and oxygen atoms in total. The van der Waals surface area contributed by atoms with E-state index < -0.39 is 5.60 Å². The predicted molar refractivity (Wildman–Crippen MR) is 112 cm³/mol. The molecule has 1 N–H and O–H groups in total. The zero-order valence-electron chi connectivity index (χ0n) is 18.3. The van der Waals surface area contributed by atoms with Crippen LogP contribution in [0.25, 0.3) is 0 Å². The van der Waals surface area contributed by atoms with E-state index in [1.165, 1.54) is 23.2 Å². The van der Waals surface area contributed by atoms with Crippen LogP contribution in [0.3, 0.4) is 0 Å². The Balaban J connectivity index is 1.33. The SMILES string of the molecule is COC[C@@]1(O)CCC2C(=CC[C@@H]3[C@@H]2CCC2(C)[C@@H](C(=O)Cn4nccn4)CC[C@@H]32)C1. The molecule has 0 saturated heterocycles. The van der Waals surface area contributed by atoms with E-state index in [-0.39, 0.29) is 11.3 Å². The Morgan fingerprint density at radius 3 is 2.77 bits per heavy atom. The summed E-state index contributed by atoms with van der Waals surface area (Å²) in [5.41, 5.74) is 0.904. The van der Waals surface area contributed by atoms with E-state index in [1.807, 2.05) is 0 Å². The molecule has 3 saturated carbocycles. The molecular formula is C24H35N3O3. The normalized spacial score (nSPS) is 42.8. The third kappa shape index (κ3) is 3.27. The molecule has 0 aromatic carbocycles. The van der Waals surface area contributed by atoms with Crippen molar-refractivity contribution >= 4 is 5.78 Å². The number of methoxy groups -OCH3 is 1. The molecule has 2 unspecified atom stereocenters. The van der Waals surface area contributed by atoms with Crippen molar-refractivity contribution in [3.8, 4) is 0 Å².